The Bertz CT molecular complexity index is 1170. The van der Waals surface area contributed by atoms with Crippen molar-refractivity contribution in [3.05, 3.63) is 60.2 Å². The van der Waals surface area contributed by atoms with Gasteiger partial charge in [0.15, 0.2) is 5.78 Å². The van der Waals surface area contributed by atoms with E-state index in [0.717, 1.165) is 16.2 Å². The predicted molar refractivity (Wildman–Crippen MR) is 106 cm³/mol. The van der Waals surface area contributed by atoms with E-state index in [4.69, 9.17) is 6.42 Å². The van der Waals surface area contributed by atoms with Crippen LogP contribution in [0.4, 0.5) is 0 Å². The Morgan fingerprint density at radius 2 is 1.50 bits per heavy atom. The fraction of sp³-hybridized carbons (Fsp3) is 0.130. The summed E-state index contributed by atoms with van der Waals surface area (Å²) in [6.45, 7) is 0.186. The molecule has 26 heavy (non-hydrogen) atoms. The molecule has 4 aromatic rings. The molecule has 0 aliphatic carbocycles. The minimum atomic E-state index is -0.200. The molecule has 0 spiro atoms. The molecule has 0 bridgehead atoms. The molecule has 0 aliphatic rings. The topological polar surface area (TPSA) is 46.2 Å². The van der Waals surface area contributed by atoms with Crippen LogP contribution in [0.5, 0.6) is 0 Å². The van der Waals surface area contributed by atoms with Gasteiger partial charge in [-0.2, -0.15) is 0 Å². The molecular weight excluding hydrogens is 322 g/mol. The van der Waals surface area contributed by atoms with Crippen LogP contribution < -0.4 is 5.32 Å². The molecule has 1 N–H and O–H groups in total. The number of ketones is 1. The summed E-state index contributed by atoms with van der Waals surface area (Å²) in [6.07, 6.45) is 5.43. The standard InChI is InChI=1S/C23H17NO2/c1-2-14-24-21(26)13-12-20(25)18-10-8-17-7-6-15-4-3-5-16-9-11-19(18)23(17)22(15)16/h1,3-11H,12-14H2,(H,24,26). The van der Waals surface area contributed by atoms with Crippen LogP contribution in [0.15, 0.2) is 54.6 Å². The van der Waals surface area contributed by atoms with E-state index in [-0.39, 0.29) is 31.1 Å². The highest BCUT2D eigenvalue weighted by Gasteiger charge is 2.15. The molecule has 0 atom stereocenters. The van der Waals surface area contributed by atoms with Crippen LogP contribution in [0.3, 0.4) is 0 Å². The van der Waals surface area contributed by atoms with Crippen molar-refractivity contribution in [2.24, 2.45) is 0 Å². The first-order valence-electron chi connectivity index (χ1n) is 8.59. The third-order valence-corrected chi connectivity index (χ3v) is 4.80. The fourth-order valence-electron chi connectivity index (χ4n) is 3.58. The minimum Gasteiger partial charge on any atom is -0.345 e. The van der Waals surface area contributed by atoms with Crippen LogP contribution in [0.25, 0.3) is 32.3 Å². The largest absolute Gasteiger partial charge is 0.345 e. The van der Waals surface area contributed by atoms with Crippen LogP contribution >= 0.6 is 0 Å². The molecule has 0 aromatic heterocycles. The molecule has 4 rings (SSSR count). The highest BCUT2D eigenvalue weighted by atomic mass is 16.2. The lowest BCUT2D eigenvalue weighted by Crippen LogP contribution is -2.23. The summed E-state index contributed by atoms with van der Waals surface area (Å²) in [5.74, 6) is 2.12. The number of Topliss-reactive ketones (excluding diaryl/α,β-unsaturated/α-hetero) is 1. The first-order valence-corrected chi connectivity index (χ1v) is 8.59. The Balaban J connectivity index is 1.75. The lowest BCUT2D eigenvalue weighted by atomic mass is 9.90. The van der Waals surface area contributed by atoms with Crippen molar-refractivity contribution in [1.29, 1.82) is 0 Å². The molecule has 0 heterocycles. The van der Waals surface area contributed by atoms with Crippen LogP contribution in [-0.2, 0) is 4.79 Å². The van der Waals surface area contributed by atoms with E-state index in [1.54, 1.807) is 0 Å². The Morgan fingerprint density at radius 1 is 0.846 bits per heavy atom. The number of hydrogen-bond acceptors (Lipinski definition) is 2. The monoisotopic (exact) mass is 339 g/mol. The van der Waals surface area contributed by atoms with Crippen LogP contribution in [0.2, 0.25) is 0 Å². The van der Waals surface area contributed by atoms with E-state index in [1.807, 2.05) is 24.3 Å². The third kappa shape index (κ3) is 2.66. The highest BCUT2D eigenvalue weighted by molar-refractivity contribution is 6.26. The molecule has 0 fully saturated rings. The van der Waals surface area contributed by atoms with Crippen molar-refractivity contribution < 1.29 is 9.59 Å². The number of rotatable bonds is 5. The maximum atomic E-state index is 12.7. The lowest BCUT2D eigenvalue weighted by molar-refractivity contribution is -0.120. The van der Waals surface area contributed by atoms with E-state index in [9.17, 15) is 9.59 Å². The molecule has 0 saturated carbocycles. The fourth-order valence-corrected chi connectivity index (χ4v) is 3.58. The van der Waals surface area contributed by atoms with Gasteiger partial charge < -0.3 is 5.32 Å². The van der Waals surface area contributed by atoms with Gasteiger partial charge in [-0.05, 0) is 32.3 Å². The van der Waals surface area contributed by atoms with Gasteiger partial charge in [0.05, 0.1) is 6.54 Å². The zero-order valence-electron chi connectivity index (χ0n) is 14.2. The summed E-state index contributed by atoms with van der Waals surface area (Å²) >= 11 is 0. The smallest absolute Gasteiger partial charge is 0.221 e. The van der Waals surface area contributed by atoms with Gasteiger partial charge in [-0.1, -0.05) is 60.5 Å². The van der Waals surface area contributed by atoms with E-state index in [1.165, 1.54) is 16.2 Å². The van der Waals surface area contributed by atoms with E-state index < -0.39 is 0 Å². The second-order valence-electron chi connectivity index (χ2n) is 6.37. The molecule has 1 amide bonds. The van der Waals surface area contributed by atoms with Crippen molar-refractivity contribution in [3.63, 3.8) is 0 Å². The van der Waals surface area contributed by atoms with Gasteiger partial charge in [0.1, 0.15) is 0 Å². The van der Waals surface area contributed by atoms with Crippen molar-refractivity contribution in [2.45, 2.75) is 12.8 Å². The van der Waals surface area contributed by atoms with Gasteiger partial charge in [-0.15, -0.1) is 6.42 Å². The summed E-state index contributed by atoms with van der Waals surface area (Å²) in [5, 5.41) is 9.28. The molecule has 0 saturated heterocycles. The van der Waals surface area contributed by atoms with Crippen molar-refractivity contribution in [2.75, 3.05) is 6.54 Å². The molecule has 3 nitrogen and oxygen atoms in total. The number of terminal acetylenes is 1. The molecule has 126 valence electrons. The Hall–Kier alpha value is -3.38. The second kappa shape index (κ2) is 6.50. The normalized spacial score (nSPS) is 11.0. The SMILES string of the molecule is C#CCNC(=O)CCC(=O)c1ccc2ccc3cccc4ccc1c2c34. The van der Waals surface area contributed by atoms with Crippen LogP contribution in [0.1, 0.15) is 23.2 Å². The van der Waals surface area contributed by atoms with Gasteiger partial charge in [0.2, 0.25) is 5.91 Å². The van der Waals surface area contributed by atoms with Gasteiger partial charge in [0, 0.05) is 18.4 Å². The molecule has 3 heteroatoms. The first-order chi connectivity index (χ1) is 12.7. The third-order valence-electron chi connectivity index (χ3n) is 4.80. The summed E-state index contributed by atoms with van der Waals surface area (Å²) in [5.41, 5.74) is 0.667. The van der Waals surface area contributed by atoms with Crippen molar-refractivity contribution in [1.82, 2.24) is 5.32 Å². The molecule has 0 radical (unpaired) electrons. The van der Waals surface area contributed by atoms with Gasteiger partial charge in [0.25, 0.3) is 0 Å². The number of amides is 1. The number of benzene rings is 4. The maximum Gasteiger partial charge on any atom is 0.221 e. The number of hydrogen-bond donors (Lipinski definition) is 1. The summed E-state index contributed by atoms with van der Waals surface area (Å²) in [7, 11) is 0. The maximum absolute atomic E-state index is 12.7. The van der Waals surface area contributed by atoms with Crippen LogP contribution in [0, 0.1) is 12.3 Å². The number of carbonyl (C=O) groups excluding carboxylic acids is 2. The van der Waals surface area contributed by atoms with Gasteiger partial charge in [-0.25, -0.2) is 0 Å². The highest BCUT2D eigenvalue weighted by Crippen LogP contribution is 2.36. The Morgan fingerprint density at radius 3 is 2.23 bits per heavy atom. The van der Waals surface area contributed by atoms with E-state index in [0.29, 0.717) is 5.56 Å². The second-order valence-corrected chi connectivity index (χ2v) is 6.37. The Labute approximate surface area is 151 Å². The predicted octanol–water partition coefficient (Wildman–Crippen LogP) is 4.30. The van der Waals surface area contributed by atoms with Crippen LogP contribution in [-0.4, -0.2) is 18.2 Å². The lowest BCUT2D eigenvalue weighted by Gasteiger charge is -2.13. The number of carbonyl (C=O) groups is 2. The van der Waals surface area contributed by atoms with Crippen molar-refractivity contribution >= 4 is 44.0 Å². The molecule has 0 unspecified atom stereocenters. The summed E-state index contributed by atoms with van der Waals surface area (Å²) in [4.78, 5) is 24.5. The quantitative estimate of drug-likeness (QED) is 0.335. The van der Waals surface area contributed by atoms with Crippen molar-refractivity contribution in [3.8, 4) is 12.3 Å². The average Bonchev–Trinajstić information content (AvgIpc) is 2.68. The zero-order valence-corrected chi connectivity index (χ0v) is 14.2. The summed E-state index contributed by atoms with van der Waals surface area (Å²) < 4.78 is 0. The van der Waals surface area contributed by atoms with E-state index in [2.05, 4.69) is 41.6 Å². The van der Waals surface area contributed by atoms with Gasteiger partial charge >= 0.3 is 0 Å². The first kappa shape index (κ1) is 16.1. The molecule has 4 aromatic carbocycles. The molecular formula is C23H17NO2. The summed E-state index contributed by atoms with van der Waals surface area (Å²) in [6, 6.07) is 18.3. The molecule has 0 aliphatic heterocycles. The van der Waals surface area contributed by atoms with Gasteiger partial charge in [-0.3, -0.25) is 9.59 Å². The Kier molecular flexibility index (Phi) is 4.02. The minimum absolute atomic E-state index is 0.0289. The zero-order chi connectivity index (χ0) is 18.1. The number of nitrogens with one attached hydrogen (secondary N) is 1. The average molecular weight is 339 g/mol. The van der Waals surface area contributed by atoms with E-state index >= 15 is 0 Å².